The number of halogens is 2. The van der Waals surface area contributed by atoms with Crippen LogP contribution in [0.5, 0.6) is 0 Å². The molecule has 0 spiro atoms. The number of nitrogens with zero attached hydrogens (tertiary/aromatic N) is 7. The Hall–Kier alpha value is -6.40. The SMILES string of the molecule is C=C(/N=C1\C(=C/C)C=C(c2ccc(-c3cccnc3)cc2Cl)C(=O)N1CC)NCCCC.C=C(/N=C1\C(=C/C)C=C(c2ccc(-c3cccnc3)cc2Cl)C(=O)N1CC)NCCN(C)C. The minimum absolute atomic E-state index is 0.130. The Morgan fingerprint density at radius 2 is 1.14 bits per heavy atom. The van der Waals surface area contributed by atoms with Crippen LogP contribution in [-0.2, 0) is 9.59 Å². The number of rotatable bonds is 16. The molecule has 0 radical (unpaired) electrons. The minimum Gasteiger partial charge on any atom is -0.370 e. The molecular formula is C52H59Cl2N9O2. The van der Waals surface area contributed by atoms with Gasteiger partial charge in [-0.15, -0.1) is 0 Å². The fraction of sp³-hybridized carbons (Fsp3) is 0.269. The molecule has 13 heteroatoms. The summed E-state index contributed by atoms with van der Waals surface area (Å²) < 4.78 is 0. The molecule has 0 atom stereocenters. The molecule has 0 saturated heterocycles. The summed E-state index contributed by atoms with van der Waals surface area (Å²) in [6.45, 7) is 21.2. The highest BCUT2D eigenvalue weighted by molar-refractivity contribution is 6.38. The topological polar surface area (TPSA) is 118 Å². The predicted octanol–water partition coefficient (Wildman–Crippen LogP) is 10.5. The number of hydrogen-bond donors (Lipinski definition) is 2. The highest BCUT2D eigenvalue weighted by Crippen LogP contribution is 2.35. The number of likely N-dealkylation sites (N-methyl/N-ethyl adjacent to an activating group) is 3. The standard InChI is InChI=1S/C26H30ClN5O.C26H29ClN4O/c1-6-19-15-23(22-11-10-20(16-24(22)27)21-9-8-12-28-17-21)26(33)32(7-2)25(19)30-18(3)29-13-14-31(4)5;1-5-8-14-29-18(4)30-25-19(6-2)15-23(26(32)31(25)7-3)22-12-11-20(16-24(22)27)21-10-9-13-28-17-21/h6,8-12,15-17,29H,3,7,13-14H2,1-2,4-5H3;6,9-13,15-17,29H,4-5,7-8,14H2,1-3H3/b2*19-6-,30-25+. The molecule has 2 amide bonds. The lowest BCUT2D eigenvalue weighted by atomic mass is 9.95. The van der Waals surface area contributed by atoms with Gasteiger partial charge < -0.3 is 15.5 Å². The van der Waals surface area contributed by atoms with Crippen molar-refractivity contribution in [1.29, 1.82) is 0 Å². The molecule has 2 aliphatic rings. The molecule has 4 heterocycles. The third-order valence-electron chi connectivity index (χ3n) is 10.6. The molecule has 0 unspecified atom stereocenters. The van der Waals surface area contributed by atoms with Crippen molar-refractivity contribution in [1.82, 2.24) is 35.3 Å². The van der Waals surface area contributed by atoms with Gasteiger partial charge in [-0.3, -0.25) is 29.4 Å². The number of hydrogen-bond acceptors (Lipinski definition) is 9. The summed E-state index contributed by atoms with van der Waals surface area (Å²) in [6, 6.07) is 19.2. The van der Waals surface area contributed by atoms with Crippen molar-refractivity contribution in [2.24, 2.45) is 9.98 Å². The van der Waals surface area contributed by atoms with Crippen LogP contribution in [0.3, 0.4) is 0 Å². The lowest BCUT2D eigenvalue weighted by Gasteiger charge is -2.30. The zero-order chi connectivity index (χ0) is 47.0. The summed E-state index contributed by atoms with van der Waals surface area (Å²) in [6.07, 6.45) is 16.8. The Bertz CT molecular complexity index is 2560. The van der Waals surface area contributed by atoms with Crippen LogP contribution in [0.4, 0.5) is 0 Å². The molecule has 6 rings (SSSR count). The fourth-order valence-electron chi connectivity index (χ4n) is 7.07. The van der Waals surface area contributed by atoms with Crippen molar-refractivity contribution >= 4 is 57.8 Å². The molecule has 11 nitrogen and oxygen atoms in total. The number of aromatic nitrogens is 2. The van der Waals surface area contributed by atoms with Crippen LogP contribution in [0.1, 0.15) is 58.6 Å². The number of carbonyl (C=O) groups excluding carboxylic acids is 2. The van der Waals surface area contributed by atoms with Gasteiger partial charge in [0.15, 0.2) is 0 Å². The van der Waals surface area contributed by atoms with Gasteiger partial charge in [-0.25, -0.2) is 9.98 Å². The Labute approximate surface area is 394 Å². The summed E-state index contributed by atoms with van der Waals surface area (Å²) >= 11 is 13.3. The molecule has 4 aromatic rings. The highest BCUT2D eigenvalue weighted by atomic mass is 35.5. The van der Waals surface area contributed by atoms with Gasteiger partial charge in [-0.2, -0.15) is 0 Å². The number of unbranched alkanes of at least 4 members (excludes halogenated alkanes) is 1. The van der Waals surface area contributed by atoms with E-state index in [2.05, 4.69) is 55.6 Å². The second-order valence-electron chi connectivity index (χ2n) is 15.4. The van der Waals surface area contributed by atoms with Crippen molar-refractivity contribution in [2.75, 3.05) is 46.8 Å². The molecule has 65 heavy (non-hydrogen) atoms. The smallest absolute Gasteiger partial charge is 0.260 e. The van der Waals surface area contributed by atoms with E-state index in [4.69, 9.17) is 23.2 Å². The van der Waals surface area contributed by atoms with Crippen molar-refractivity contribution in [3.05, 3.63) is 167 Å². The van der Waals surface area contributed by atoms with Crippen LogP contribution in [0, 0.1) is 0 Å². The van der Waals surface area contributed by atoms with Crippen LogP contribution in [0.25, 0.3) is 33.4 Å². The van der Waals surface area contributed by atoms with E-state index in [9.17, 15) is 9.59 Å². The second-order valence-corrected chi connectivity index (χ2v) is 16.2. The Morgan fingerprint density at radius 3 is 1.49 bits per heavy atom. The Balaban J connectivity index is 0.000000244. The number of carbonyl (C=O) groups is 2. The highest BCUT2D eigenvalue weighted by Gasteiger charge is 2.32. The first-order valence-corrected chi connectivity index (χ1v) is 22.6. The van der Waals surface area contributed by atoms with E-state index in [1.807, 2.05) is 127 Å². The van der Waals surface area contributed by atoms with Gasteiger partial charge in [-0.05, 0) is 95.8 Å². The number of benzene rings is 2. The molecule has 0 aliphatic carbocycles. The molecular weight excluding hydrogens is 854 g/mol. The lowest BCUT2D eigenvalue weighted by molar-refractivity contribution is -0.122. The van der Waals surface area contributed by atoms with Crippen molar-refractivity contribution in [3.8, 4) is 22.3 Å². The quantitative estimate of drug-likeness (QED) is 0.108. The largest absolute Gasteiger partial charge is 0.370 e. The van der Waals surface area contributed by atoms with Gasteiger partial charge in [0, 0.05) is 112 Å². The van der Waals surface area contributed by atoms with Crippen LogP contribution in [0.15, 0.2) is 156 Å². The van der Waals surface area contributed by atoms with Crippen molar-refractivity contribution in [2.45, 2.75) is 47.5 Å². The van der Waals surface area contributed by atoms with Crippen LogP contribution in [0.2, 0.25) is 10.0 Å². The first-order chi connectivity index (χ1) is 31.3. The molecule has 0 saturated carbocycles. The lowest BCUT2D eigenvalue weighted by Crippen LogP contribution is -2.41. The summed E-state index contributed by atoms with van der Waals surface area (Å²) in [5, 5.41) is 7.45. The van der Waals surface area contributed by atoms with Crippen LogP contribution >= 0.6 is 23.2 Å². The van der Waals surface area contributed by atoms with Gasteiger partial charge >= 0.3 is 0 Å². The number of pyridine rings is 2. The number of amidine groups is 2. The summed E-state index contributed by atoms with van der Waals surface area (Å²) in [5.74, 6) is 1.98. The van der Waals surface area contributed by atoms with E-state index < -0.39 is 0 Å². The van der Waals surface area contributed by atoms with Gasteiger partial charge in [0.05, 0.1) is 0 Å². The molecule has 338 valence electrons. The number of aliphatic imine (C=N–C) groups is 2. The third-order valence-corrected chi connectivity index (χ3v) is 11.2. The Kier molecular flexibility index (Phi) is 18.4. The number of nitrogens with one attached hydrogen (secondary N) is 2. The fourth-order valence-corrected chi connectivity index (χ4v) is 7.63. The molecule has 2 aromatic heterocycles. The van der Waals surface area contributed by atoms with E-state index >= 15 is 0 Å². The molecule has 2 N–H and O–H groups in total. The van der Waals surface area contributed by atoms with Crippen LogP contribution < -0.4 is 10.6 Å². The normalized spacial score (nSPS) is 16.5. The number of amides is 2. The monoisotopic (exact) mass is 911 g/mol. The molecule has 0 bridgehead atoms. The van der Waals surface area contributed by atoms with Gasteiger partial charge in [0.25, 0.3) is 11.8 Å². The first-order valence-electron chi connectivity index (χ1n) is 21.8. The van der Waals surface area contributed by atoms with Gasteiger partial charge in [0.2, 0.25) is 0 Å². The number of allylic oxidation sites excluding steroid dienone is 2. The first kappa shape index (κ1) is 49.6. The van der Waals surface area contributed by atoms with E-state index in [1.165, 1.54) is 0 Å². The maximum atomic E-state index is 13.4. The van der Waals surface area contributed by atoms with Gasteiger partial charge in [0.1, 0.15) is 23.3 Å². The van der Waals surface area contributed by atoms with Crippen LogP contribution in [-0.4, -0.2) is 95.0 Å². The summed E-state index contributed by atoms with van der Waals surface area (Å²) in [7, 11) is 4.02. The van der Waals surface area contributed by atoms with E-state index in [0.717, 1.165) is 59.3 Å². The Morgan fingerprint density at radius 1 is 0.692 bits per heavy atom. The zero-order valence-corrected chi connectivity index (χ0v) is 40.0. The molecule has 2 aliphatic heterocycles. The molecule has 2 aromatic carbocycles. The average molecular weight is 913 g/mol. The average Bonchev–Trinajstić information content (AvgIpc) is 3.30. The van der Waals surface area contributed by atoms with E-state index in [1.54, 1.807) is 34.6 Å². The summed E-state index contributed by atoms with van der Waals surface area (Å²) in [5.41, 5.74) is 8.00. The van der Waals surface area contributed by atoms with E-state index in [-0.39, 0.29) is 11.8 Å². The molecule has 0 fully saturated rings. The summed E-state index contributed by atoms with van der Waals surface area (Å²) in [4.78, 5) is 49.9. The van der Waals surface area contributed by atoms with Crippen molar-refractivity contribution in [3.63, 3.8) is 0 Å². The maximum Gasteiger partial charge on any atom is 0.260 e. The maximum absolute atomic E-state index is 13.4. The third kappa shape index (κ3) is 12.7. The van der Waals surface area contributed by atoms with Gasteiger partial charge in [-0.1, -0.05) is 98.3 Å². The zero-order valence-electron chi connectivity index (χ0n) is 38.5. The van der Waals surface area contributed by atoms with E-state index in [0.29, 0.717) is 75.3 Å². The minimum atomic E-state index is -0.140. The predicted molar refractivity (Wildman–Crippen MR) is 270 cm³/mol. The van der Waals surface area contributed by atoms with Crippen molar-refractivity contribution < 1.29 is 9.59 Å². The second kappa shape index (κ2) is 24.0.